The van der Waals surface area contributed by atoms with E-state index >= 15 is 0 Å². The summed E-state index contributed by atoms with van der Waals surface area (Å²) in [5.41, 5.74) is 5.42. The minimum Gasteiger partial charge on any atom is -0.392 e. The molecule has 0 atom stereocenters. The lowest BCUT2D eigenvalue weighted by molar-refractivity contribution is 0.282. The molecule has 0 aliphatic carbocycles. The van der Waals surface area contributed by atoms with Gasteiger partial charge < -0.3 is 5.11 Å². The van der Waals surface area contributed by atoms with Gasteiger partial charge in [-0.3, -0.25) is 0 Å². The lowest BCUT2D eigenvalue weighted by atomic mass is 9.98. The summed E-state index contributed by atoms with van der Waals surface area (Å²) in [7, 11) is 0. The van der Waals surface area contributed by atoms with Crippen LogP contribution in [0.15, 0.2) is 66.7 Å². The molecule has 3 rings (SSSR count). The van der Waals surface area contributed by atoms with Crippen molar-refractivity contribution in [3.05, 3.63) is 83.7 Å². The second-order valence-electron chi connectivity index (χ2n) is 6.00. The second kappa shape index (κ2) is 7.41. The molecule has 0 unspecified atom stereocenters. The number of aryl methyl sites for hydroxylation is 1. The Labute approximate surface area is 142 Å². The molecule has 0 aliphatic rings. The summed E-state index contributed by atoms with van der Waals surface area (Å²) in [4.78, 5) is 0. The zero-order valence-electron chi connectivity index (χ0n) is 13.8. The zero-order valence-corrected chi connectivity index (χ0v) is 13.8. The maximum absolute atomic E-state index is 14.6. The molecule has 0 fully saturated rings. The summed E-state index contributed by atoms with van der Waals surface area (Å²) >= 11 is 0. The van der Waals surface area contributed by atoms with Gasteiger partial charge in [0.1, 0.15) is 5.82 Å². The topological polar surface area (TPSA) is 20.2 Å². The molecule has 0 bridgehead atoms. The van der Waals surface area contributed by atoms with E-state index in [2.05, 4.69) is 31.2 Å². The van der Waals surface area contributed by atoms with E-state index in [1.54, 1.807) is 6.07 Å². The first-order valence-electron chi connectivity index (χ1n) is 8.30. The van der Waals surface area contributed by atoms with Crippen LogP contribution in [0.1, 0.15) is 24.5 Å². The minimum absolute atomic E-state index is 0.00424. The Bertz CT molecular complexity index is 804. The van der Waals surface area contributed by atoms with Gasteiger partial charge in [0, 0.05) is 5.56 Å². The summed E-state index contributed by atoms with van der Waals surface area (Å²) < 4.78 is 14.6. The highest BCUT2D eigenvalue weighted by molar-refractivity contribution is 5.71. The highest BCUT2D eigenvalue weighted by atomic mass is 19.1. The van der Waals surface area contributed by atoms with Crippen LogP contribution in [0, 0.1) is 5.82 Å². The number of aliphatic hydroxyl groups is 1. The standard InChI is InChI=1S/C22H21FO/c1-2-3-16-4-8-18(9-5-16)20-12-13-21(22(23)14-20)19-10-6-17(15-24)7-11-19/h4-14,24H,2-3,15H2,1H3. The lowest BCUT2D eigenvalue weighted by Gasteiger charge is -2.08. The smallest absolute Gasteiger partial charge is 0.131 e. The van der Waals surface area contributed by atoms with E-state index in [0.717, 1.165) is 35.1 Å². The average molecular weight is 320 g/mol. The Morgan fingerprint density at radius 1 is 0.750 bits per heavy atom. The van der Waals surface area contributed by atoms with E-state index in [1.165, 1.54) is 5.56 Å². The van der Waals surface area contributed by atoms with Crippen LogP contribution < -0.4 is 0 Å². The van der Waals surface area contributed by atoms with Crippen molar-refractivity contribution in [2.45, 2.75) is 26.4 Å². The highest BCUT2D eigenvalue weighted by Gasteiger charge is 2.08. The number of aliphatic hydroxyl groups excluding tert-OH is 1. The fourth-order valence-electron chi connectivity index (χ4n) is 2.87. The number of rotatable bonds is 5. The van der Waals surface area contributed by atoms with Crippen molar-refractivity contribution in [3.63, 3.8) is 0 Å². The van der Waals surface area contributed by atoms with Crippen LogP contribution in [0.3, 0.4) is 0 Å². The monoisotopic (exact) mass is 320 g/mol. The largest absolute Gasteiger partial charge is 0.392 e. The van der Waals surface area contributed by atoms with Crippen LogP contribution in [-0.4, -0.2) is 5.11 Å². The first kappa shape index (κ1) is 16.4. The Kier molecular flexibility index (Phi) is 5.07. The molecule has 0 spiro atoms. The molecule has 0 aliphatic heterocycles. The van der Waals surface area contributed by atoms with Gasteiger partial charge in [0.25, 0.3) is 0 Å². The summed E-state index contributed by atoms with van der Waals surface area (Å²) in [5.74, 6) is -0.234. The average Bonchev–Trinajstić information content (AvgIpc) is 2.63. The Balaban J connectivity index is 1.88. The molecular formula is C22H21FO. The Morgan fingerprint density at radius 2 is 1.33 bits per heavy atom. The van der Waals surface area contributed by atoms with E-state index in [0.29, 0.717) is 5.56 Å². The van der Waals surface area contributed by atoms with Crippen molar-refractivity contribution in [2.75, 3.05) is 0 Å². The van der Waals surface area contributed by atoms with Crippen molar-refractivity contribution in [1.82, 2.24) is 0 Å². The van der Waals surface area contributed by atoms with Gasteiger partial charge in [-0.05, 0) is 40.3 Å². The van der Waals surface area contributed by atoms with E-state index < -0.39 is 0 Å². The number of benzene rings is 3. The van der Waals surface area contributed by atoms with Crippen LogP contribution in [-0.2, 0) is 13.0 Å². The van der Waals surface area contributed by atoms with Crippen LogP contribution in [0.4, 0.5) is 4.39 Å². The highest BCUT2D eigenvalue weighted by Crippen LogP contribution is 2.28. The molecule has 0 saturated heterocycles. The number of hydrogen-bond acceptors (Lipinski definition) is 1. The quantitative estimate of drug-likeness (QED) is 0.648. The first-order chi connectivity index (χ1) is 11.7. The molecule has 0 saturated carbocycles. The predicted molar refractivity (Wildman–Crippen MR) is 97.2 cm³/mol. The molecule has 0 aromatic heterocycles. The summed E-state index contributed by atoms with van der Waals surface area (Å²) in [6, 6.07) is 21.0. The van der Waals surface area contributed by atoms with Crippen LogP contribution in [0.2, 0.25) is 0 Å². The maximum Gasteiger partial charge on any atom is 0.131 e. The molecule has 3 aromatic rings. The fourth-order valence-corrected chi connectivity index (χ4v) is 2.87. The van der Waals surface area contributed by atoms with Crippen molar-refractivity contribution in [3.8, 4) is 22.3 Å². The fraction of sp³-hybridized carbons (Fsp3) is 0.182. The van der Waals surface area contributed by atoms with Gasteiger partial charge >= 0.3 is 0 Å². The minimum atomic E-state index is -0.234. The van der Waals surface area contributed by atoms with Gasteiger partial charge in [0.05, 0.1) is 6.61 Å². The molecular weight excluding hydrogens is 299 g/mol. The Morgan fingerprint density at radius 3 is 1.92 bits per heavy atom. The number of halogens is 1. The summed E-state index contributed by atoms with van der Waals surface area (Å²) in [5, 5.41) is 9.10. The number of hydrogen-bond donors (Lipinski definition) is 1. The molecule has 0 radical (unpaired) electrons. The van der Waals surface area contributed by atoms with Crippen molar-refractivity contribution >= 4 is 0 Å². The van der Waals surface area contributed by atoms with Gasteiger partial charge in [0.2, 0.25) is 0 Å². The molecule has 122 valence electrons. The van der Waals surface area contributed by atoms with Crippen LogP contribution in [0.5, 0.6) is 0 Å². The normalized spacial score (nSPS) is 10.8. The molecule has 24 heavy (non-hydrogen) atoms. The third-order valence-electron chi connectivity index (χ3n) is 4.24. The summed E-state index contributed by atoms with van der Waals surface area (Å²) in [6.07, 6.45) is 2.19. The van der Waals surface area contributed by atoms with Crippen molar-refractivity contribution < 1.29 is 9.50 Å². The van der Waals surface area contributed by atoms with Crippen molar-refractivity contribution in [2.24, 2.45) is 0 Å². The molecule has 0 heterocycles. The van der Waals surface area contributed by atoms with E-state index in [-0.39, 0.29) is 12.4 Å². The van der Waals surface area contributed by atoms with E-state index in [1.807, 2.05) is 36.4 Å². The molecule has 2 heteroatoms. The first-order valence-corrected chi connectivity index (χ1v) is 8.30. The third kappa shape index (κ3) is 3.55. The van der Waals surface area contributed by atoms with Gasteiger partial charge in [0.15, 0.2) is 0 Å². The van der Waals surface area contributed by atoms with Crippen LogP contribution >= 0.6 is 0 Å². The Hall–Kier alpha value is -2.45. The molecule has 0 amide bonds. The van der Waals surface area contributed by atoms with E-state index in [4.69, 9.17) is 5.11 Å². The van der Waals surface area contributed by atoms with Gasteiger partial charge in [-0.2, -0.15) is 0 Å². The van der Waals surface area contributed by atoms with Gasteiger partial charge in [-0.1, -0.05) is 74.0 Å². The third-order valence-corrected chi connectivity index (χ3v) is 4.24. The molecule has 1 N–H and O–H groups in total. The predicted octanol–water partition coefficient (Wildman–Crippen LogP) is 5.60. The molecule has 1 nitrogen and oxygen atoms in total. The van der Waals surface area contributed by atoms with Gasteiger partial charge in [-0.15, -0.1) is 0 Å². The lowest BCUT2D eigenvalue weighted by Crippen LogP contribution is -1.89. The van der Waals surface area contributed by atoms with Crippen molar-refractivity contribution in [1.29, 1.82) is 0 Å². The SMILES string of the molecule is CCCc1ccc(-c2ccc(-c3ccc(CO)cc3)c(F)c2)cc1. The van der Waals surface area contributed by atoms with E-state index in [9.17, 15) is 4.39 Å². The second-order valence-corrected chi connectivity index (χ2v) is 6.00. The molecule has 3 aromatic carbocycles. The summed E-state index contributed by atoms with van der Waals surface area (Å²) in [6.45, 7) is 2.16. The maximum atomic E-state index is 14.6. The van der Waals surface area contributed by atoms with Crippen LogP contribution in [0.25, 0.3) is 22.3 Å². The van der Waals surface area contributed by atoms with Gasteiger partial charge in [-0.25, -0.2) is 4.39 Å². The zero-order chi connectivity index (χ0) is 16.9.